The molecule has 0 aliphatic heterocycles. The Hall–Kier alpha value is -4.00. The molecule has 0 unspecified atom stereocenters. The van der Waals surface area contributed by atoms with Crippen LogP contribution < -0.4 is 21.3 Å². The highest BCUT2D eigenvalue weighted by Gasteiger charge is 2.31. The molecule has 34 heavy (non-hydrogen) atoms. The van der Waals surface area contributed by atoms with Crippen LogP contribution in [0, 0.1) is 0 Å². The molecule has 0 atom stereocenters. The molecule has 0 fully saturated rings. The zero-order valence-electron chi connectivity index (χ0n) is 17.7. The SMILES string of the molecule is Cn1c(=O)c2c(CC(=O)Nc3nc(-c4cccc(OC(F)(F)F)c4)cs3)cncc2n(C)c1=O. The molecule has 4 rings (SSSR count). The molecule has 4 aromatic rings. The first kappa shape index (κ1) is 23.2. The number of fused-ring (bicyclic) bond motifs is 1. The predicted octanol–water partition coefficient (Wildman–Crippen LogP) is 2.84. The molecule has 0 saturated carbocycles. The monoisotopic (exact) mass is 491 g/mol. The molecule has 176 valence electrons. The Morgan fingerprint density at radius 1 is 1.18 bits per heavy atom. The molecule has 1 N–H and O–H groups in total. The lowest BCUT2D eigenvalue weighted by molar-refractivity contribution is -0.274. The predicted molar refractivity (Wildman–Crippen MR) is 119 cm³/mol. The first-order valence-corrected chi connectivity index (χ1v) is 10.6. The number of halogens is 3. The van der Waals surface area contributed by atoms with E-state index >= 15 is 0 Å². The maximum Gasteiger partial charge on any atom is 0.573 e. The van der Waals surface area contributed by atoms with Crippen molar-refractivity contribution in [1.29, 1.82) is 0 Å². The number of rotatable bonds is 5. The van der Waals surface area contributed by atoms with E-state index in [0.29, 0.717) is 22.3 Å². The molecule has 0 aliphatic carbocycles. The van der Waals surface area contributed by atoms with Gasteiger partial charge in [-0.2, -0.15) is 0 Å². The highest BCUT2D eigenvalue weighted by atomic mass is 32.1. The van der Waals surface area contributed by atoms with E-state index in [9.17, 15) is 27.6 Å². The van der Waals surface area contributed by atoms with Gasteiger partial charge in [-0.05, 0) is 17.7 Å². The number of pyridine rings is 1. The second kappa shape index (κ2) is 8.74. The van der Waals surface area contributed by atoms with Crippen LogP contribution in [0.3, 0.4) is 0 Å². The molecule has 0 radical (unpaired) electrons. The average Bonchev–Trinajstić information content (AvgIpc) is 3.23. The third kappa shape index (κ3) is 4.69. The van der Waals surface area contributed by atoms with Crippen LogP contribution in [-0.2, 0) is 25.3 Å². The molecular weight excluding hydrogens is 475 g/mol. The van der Waals surface area contributed by atoms with Crippen molar-refractivity contribution < 1.29 is 22.7 Å². The van der Waals surface area contributed by atoms with Gasteiger partial charge in [0.25, 0.3) is 5.56 Å². The van der Waals surface area contributed by atoms with Crippen molar-refractivity contribution in [1.82, 2.24) is 19.1 Å². The second-order valence-corrected chi connectivity index (χ2v) is 8.10. The lowest BCUT2D eigenvalue weighted by Gasteiger charge is -2.10. The van der Waals surface area contributed by atoms with E-state index in [1.54, 1.807) is 11.4 Å². The van der Waals surface area contributed by atoms with Gasteiger partial charge in [-0.3, -0.25) is 23.7 Å². The number of nitrogens with one attached hydrogen (secondary N) is 1. The molecule has 1 amide bonds. The summed E-state index contributed by atoms with van der Waals surface area (Å²) < 4.78 is 43.5. The first-order chi connectivity index (χ1) is 16.0. The standard InChI is InChI=1S/C21H16F3N5O4S/c1-28-15-9-25-8-12(17(15)18(31)29(2)20(28)32)7-16(30)27-19-26-14(10-34-19)11-4-3-5-13(6-11)33-21(22,23)24/h3-6,8-10H,7H2,1-2H3,(H,26,27,30). The molecule has 13 heteroatoms. The normalized spacial score (nSPS) is 11.6. The van der Waals surface area contributed by atoms with Gasteiger partial charge >= 0.3 is 12.1 Å². The topological polar surface area (TPSA) is 108 Å². The van der Waals surface area contributed by atoms with E-state index in [4.69, 9.17) is 0 Å². The summed E-state index contributed by atoms with van der Waals surface area (Å²) in [5.41, 5.74) is 0.308. The summed E-state index contributed by atoms with van der Waals surface area (Å²) in [6.07, 6.45) is -2.26. The number of amides is 1. The molecule has 0 bridgehead atoms. The van der Waals surface area contributed by atoms with E-state index < -0.39 is 23.5 Å². The number of carbonyl (C=O) groups excluding carboxylic acids is 1. The summed E-state index contributed by atoms with van der Waals surface area (Å²) in [7, 11) is 2.85. The van der Waals surface area contributed by atoms with Crippen molar-refractivity contribution >= 4 is 33.3 Å². The fourth-order valence-corrected chi connectivity index (χ4v) is 4.10. The summed E-state index contributed by atoms with van der Waals surface area (Å²) in [6, 6.07) is 5.32. The van der Waals surface area contributed by atoms with Crippen molar-refractivity contribution in [2.75, 3.05) is 5.32 Å². The smallest absolute Gasteiger partial charge is 0.406 e. The second-order valence-electron chi connectivity index (χ2n) is 7.24. The Labute approximate surface area is 193 Å². The number of anilines is 1. The van der Waals surface area contributed by atoms with Crippen LogP contribution in [0.2, 0.25) is 0 Å². The molecule has 3 aromatic heterocycles. The Morgan fingerprint density at radius 2 is 1.94 bits per heavy atom. The summed E-state index contributed by atoms with van der Waals surface area (Å²) in [6.45, 7) is 0. The Morgan fingerprint density at radius 3 is 2.68 bits per heavy atom. The zero-order chi connectivity index (χ0) is 24.6. The third-order valence-electron chi connectivity index (χ3n) is 4.92. The molecule has 0 aliphatic rings. The number of benzene rings is 1. The van der Waals surface area contributed by atoms with Gasteiger partial charge in [0.1, 0.15) is 5.75 Å². The fourth-order valence-electron chi connectivity index (χ4n) is 3.36. The van der Waals surface area contributed by atoms with E-state index in [1.165, 1.54) is 49.3 Å². The van der Waals surface area contributed by atoms with Crippen LogP contribution in [0.1, 0.15) is 5.56 Å². The number of thiazole rings is 1. The van der Waals surface area contributed by atoms with Gasteiger partial charge in [0, 0.05) is 31.2 Å². The number of nitrogens with zero attached hydrogens (tertiary/aromatic N) is 4. The minimum atomic E-state index is -4.82. The maximum absolute atomic E-state index is 12.6. The van der Waals surface area contributed by atoms with Crippen LogP contribution in [0.25, 0.3) is 22.2 Å². The van der Waals surface area contributed by atoms with Gasteiger partial charge in [-0.1, -0.05) is 12.1 Å². The van der Waals surface area contributed by atoms with E-state index in [2.05, 4.69) is 20.0 Å². The van der Waals surface area contributed by atoms with Gasteiger partial charge < -0.3 is 10.1 Å². The number of aryl methyl sites for hydroxylation is 1. The van der Waals surface area contributed by atoms with Crippen LogP contribution in [0.15, 0.2) is 51.6 Å². The van der Waals surface area contributed by atoms with Gasteiger partial charge in [0.15, 0.2) is 5.13 Å². The van der Waals surface area contributed by atoms with Crippen LogP contribution in [0.4, 0.5) is 18.3 Å². The van der Waals surface area contributed by atoms with Gasteiger partial charge in [-0.25, -0.2) is 9.78 Å². The average molecular weight is 491 g/mol. The third-order valence-corrected chi connectivity index (χ3v) is 5.68. The van der Waals surface area contributed by atoms with Crippen LogP contribution in [0.5, 0.6) is 5.75 Å². The van der Waals surface area contributed by atoms with E-state index in [0.717, 1.165) is 15.9 Å². The number of aromatic nitrogens is 4. The highest BCUT2D eigenvalue weighted by molar-refractivity contribution is 7.14. The Kier molecular flexibility index (Phi) is 5.96. The van der Waals surface area contributed by atoms with Crippen LogP contribution in [-0.4, -0.2) is 31.4 Å². The van der Waals surface area contributed by atoms with Crippen molar-refractivity contribution in [3.63, 3.8) is 0 Å². The van der Waals surface area contributed by atoms with Crippen molar-refractivity contribution in [2.24, 2.45) is 14.1 Å². The number of carbonyl (C=O) groups is 1. The molecule has 9 nitrogen and oxygen atoms in total. The number of hydrogen-bond acceptors (Lipinski definition) is 7. The van der Waals surface area contributed by atoms with Crippen molar-refractivity contribution in [2.45, 2.75) is 12.8 Å². The zero-order valence-corrected chi connectivity index (χ0v) is 18.5. The summed E-state index contributed by atoms with van der Waals surface area (Å²) in [5.74, 6) is -0.872. The summed E-state index contributed by atoms with van der Waals surface area (Å²) >= 11 is 1.08. The minimum Gasteiger partial charge on any atom is -0.406 e. The Balaban J connectivity index is 1.55. The molecule has 3 heterocycles. The molecular formula is C21H16F3N5O4S. The molecule has 0 spiro atoms. The number of ether oxygens (including phenoxy) is 1. The number of hydrogen-bond donors (Lipinski definition) is 1. The lowest BCUT2D eigenvalue weighted by atomic mass is 10.1. The molecule has 0 saturated heterocycles. The lowest BCUT2D eigenvalue weighted by Crippen LogP contribution is -2.37. The fraction of sp³-hybridized carbons (Fsp3) is 0.190. The quantitative estimate of drug-likeness (QED) is 0.460. The maximum atomic E-state index is 12.6. The van der Waals surface area contributed by atoms with E-state index in [-0.39, 0.29) is 22.7 Å². The van der Waals surface area contributed by atoms with Gasteiger partial charge in [-0.15, -0.1) is 24.5 Å². The molecule has 1 aromatic carbocycles. The Bertz CT molecular complexity index is 1520. The largest absolute Gasteiger partial charge is 0.573 e. The van der Waals surface area contributed by atoms with Crippen molar-refractivity contribution in [3.05, 3.63) is 68.4 Å². The highest BCUT2D eigenvalue weighted by Crippen LogP contribution is 2.30. The van der Waals surface area contributed by atoms with Crippen molar-refractivity contribution in [3.8, 4) is 17.0 Å². The number of alkyl halides is 3. The minimum absolute atomic E-state index is 0.205. The van der Waals surface area contributed by atoms with E-state index in [1.807, 2.05) is 0 Å². The summed E-state index contributed by atoms with van der Waals surface area (Å²) in [4.78, 5) is 45.7. The summed E-state index contributed by atoms with van der Waals surface area (Å²) in [5, 5.41) is 4.61. The van der Waals surface area contributed by atoms with Gasteiger partial charge in [0.05, 0.1) is 29.2 Å². The first-order valence-electron chi connectivity index (χ1n) is 9.67. The van der Waals surface area contributed by atoms with Crippen LogP contribution >= 0.6 is 11.3 Å². The van der Waals surface area contributed by atoms with Gasteiger partial charge in [0.2, 0.25) is 5.91 Å².